The average Bonchev–Trinajstić information content (AvgIpc) is 2.97. The van der Waals surface area contributed by atoms with E-state index in [-0.39, 0.29) is 17.2 Å². The first-order valence-electron chi connectivity index (χ1n) is 6.46. The predicted molar refractivity (Wildman–Crippen MR) is 77.3 cm³/mol. The number of methoxy groups -OCH3 is 2. The van der Waals surface area contributed by atoms with Gasteiger partial charge in [-0.25, -0.2) is 14.2 Å². The molecular weight excluding hydrogens is 289 g/mol. The van der Waals surface area contributed by atoms with Crippen molar-refractivity contribution in [2.45, 2.75) is 0 Å². The monoisotopic (exact) mass is 301 g/mol. The lowest BCUT2D eigenvalue weighted by Crippen LogP contribution is -2.00. The molecule has 22 heavy (non-hydrogen) atoms. The first-order chi connectivity index (χ1) is 10.6. The number of benzene rings is 2. The molecule has 0 atom stereocenters. The molecule has 0 bridgehead atoms. The number of hydrogen-bond donors (Lipinski definition) is 0. The van der Waals surface area contributed by atoms with Crippen LogP contribution in [0.2, 0.25) is 0 Å². The molecule has 0 spiro atoms. The lowest BCUT2D eigenvalue weighted by atomic mass is 10.2. The normalized spacial score (nSPS) is 10.7. The fraction of sp³-hybridized carbons (Fsp3) is 0.125. The molecular formula is C16H12FNO4. The van der Waals surface area contributed by atoms with Crippen molar-refractivity contribution in [3.05, 3.63) is 47.8 Å². The van der Waals surface area contributed by atoms with Crippen molar-refractivity contribution in [3.63, 3.8) is 0 Å². The summed E-state index contributed by atoms with van der Waals surface area (Å²) in [6.45, 7) is 0. The molecule has 3 rings (SSSR count). The molecule has 0 aliphatic carbocycles. The van der Waals surface area contributed by atoms with Crippen molar-refractivity contribution >= 4 is 17.1 Å². The number of carbonyl (C=O) groups excluding carboxylic acids is 1. The standard InChI is InChI=1S/C16H12FNO4/c1-20-12-5-3-4-10(14(12)17)15-18-11-7-6-9(16(19)21-2)8-13(11)22-15/h3-8H,1-2H3. The van der Waals surface area contributed by atoms with Gasteiger partial charge in [0.2, 0.25) is 5.89 Å². The molecule has 0 saturated carbocycles. The summed E-state index contributed by atoms with van der Waals surface area (Å²) in [6, 6.07) is 9.40. The quantitative estimate of drug-likeness (QED) is 0.694. The molecule has 0 amide bonds. The molecule has 0 radical (unpaired) electrons. The van der Waals surface area contributed by atoms with Crippen LogP contribution in [0.4, 0.5) is 4.39 Å². The second kappa shape index (κ2) is 5.48. The van der Waals surface area contributed by atoms with Crippen LogP contribution in [-0.2, 0) is 4.74 Å². The first kappa shape index (κ1) is 14.1. The van der Waals surface area contributed by atoms with Gasteiger partial charge in [0, 0.05) is 0 Å². The first-order valence-corrected chi connectivity index (χ1v) is 6.46. The number of halogens is 1. The fourth-order valence-corrected chi connectivity index (χ4v) is 2.12. The lowest BCUT2D eigenvalue weighted by Gasteiger charge is -2.03. The number of fused-ring (bicyclic) bond motifs is 1. The SMILES string of the molecule is COC(=O)c1ccc2nc(-c3cccc(OC)c3F)oc2c1. The third kappa shape index (κ3) is 2.28. The van der Waals surface area contributed by atoms with E-state index in [0.717, 1.165) is 0 Å². The van der Waals surface area contributed by atoms with Crippen LogP contribution in [-0.4, -0.2) is 25.2 Å². The Bertz CT molecular complexity index is 856. The van der Waals surface area contributed by atoms with Gasteiger partial charge in [0.05, 0.1) is 25.3 Å². The third-order valence-electron chi connectivity index (χ3n) is 3.22. The zero-order chi connectivity index (χ0) is 15.7. The van der Waals surface area contributed by atoms with E-state index in [2.05, 4.69) is 9.72 Å². The molecule has 0 saturated heterocycles. The number of oxazole rings is 1. The highest BCUT2D eigenvalue weighted by Gasteiger charge is 2.17. The number of nitrogens with zero attached hydrogens (tertiary/aromatic N) is 1. The van der Waals surface area contributed by atoms with Crippen molar-refractivity contribution in [1.29, 1.82) is 0 Å². The number of ether oxygens (including phenoxy) is 2. The maximum absolute atomic E-state index is 14.3. The highest BCUT2D eigenvalue weighted by atomic mass is 19.1. The van der Waals surface area contributed by atoms with Gasteiger partial charge in [-0.1, -0.05) is 6.07 Å². The summed E-state index contributed by atoms with van der Waals surface area (Å²) < 4.78 is 29.4. The molecule has 1 heterocycles. The Balaban J connectivity index is 2.11. The van der Waals surface area contributed by atoms with E-state index in [9.17, 15) is 9.18 Å². The average molecular weight is 301 g/mol. The van der Waals surface area contributed by atoms with Crippen LogP contribution in [0.1, 0.15) is 10.4 Å². The topological polar surface area (TPSA) is 61.6 Å². The van der Waals surface area contributed by atoms with Crippen LogP contribution in [0.15, 0.2) is 40.8 Å². The zero-order valence-electron chi connectivity index (χ0n) is 11.9. The molecule has 6 heteroatoms. The highest BCUT2D eigenvalue weighted by Crippen LogP contribution is 2.31. The second-order valence-electron chi connectivity index (χ2n) is 4.51. The van der Waals surface area contributed by atoms with Gasteiger partial charge in [-0.2, -0.15) is 0 Å². The summed E-state index contributed by atoms with van der Waals surface area (Å²) in [4.78, 5) is 15.7. The molecule has 1 aromatic heterocycles. The second-order valence-corrected chi connectivity index (χ2v) is 4.51. The van der Waals surface area contributed by atoms with Crippen molar-refractivity contribution in [1.82, 2.24) is 4.98 Å². The van der Waals surface area contributed by atoms with Gasteiger partial charge < -0.3 is 13.9 Å². The molecule has 0 aliphatic rings. The van der Waals surface area contributed by atoms with Crippen LogP contribution in [0.3, 0.4) is 0 Å². The molecule has 0 unspecified atom stereocenters. The van der Waals surface area contributed by atoms with E-state index >= 15 is 0 Å². The van der Waals surface area contributed by atoms with Crippen LogP contribution in [0.5, 0.6) is 5.75 Å². The van der Waals surface area contributed by atoms with Gasteiger partial charge in [0.1, 0.15) is 5.52 Å². The molecule has 5 nitrogen and oxygen atoms in total. The minimum absolute atomic E-state index is 0.106. The van der Waals surface area contributed by atoms with Crippen LogP contribution < -0.4 is 4.74 Å². The highest BCUT2D eigenvalue weighted by molar-refractivity contribution is 5.93. The third-order valence-corrected chi connectivity index (χ3v) is 3.22. The van der Waals surface area contributed by atoms with Gasteiger partial charge in [-0.3, -0.25) is 0 Å². The molecule has 112 valence electrons. The summed E-state index contributed by atoms with van der Waals surface area (Å²) in [5.41, 5.74) is 1.42. The van der Waals surface area contributed by atoms with E-state index in [0.29, 0.717) is 16.7 Å². The van der Waals surface area contributed by atoms with E-state index in [1.165, 1.54) is 26.4 Å². The van der Waals surface area contributed by atoms with Gasteiger partial charge in [0.15, 0.2) is 17.1 Å². The largest absolute Gasteiger partial charge is 0.494 e. The van der Waals surface area contributed by atoms with Gasteiger partial charge >= 0.3 is 5.97 Å². The molecule has 3 aromatic rings. The van der Waals surface area contributed by atoms with Crippen LogP contribution in [0, 0.1) is 5.82 Å². The van der Waals surface area contributed by atoms with E-state index < -0.39 is 11.8 Å². The molecule has 2 aromatic carbocycles. The number of aromatic nitrogens is 1. The summed E-state index contributed by atoms with van der Waals surface area (Å²) in [7, 11) is 2.68. The van der Waals surface area contributed by atoms with E-state index in [1.54, 1.807) is 24.3 Å². The minimum atomic E-state index is -0.551. The maximum atomic E-state index is 14.3. The van der Waals surface area contributed by atoms with Gasteiger partial charge in [-0.15, -0.1) is 0 Å². The molecule has 0 N–H and O–H groups in total. The number of carbonyl (C=O) groups is 1. The van der Waals surface area contributed by atoms with Gasteiger partial charge in [-0.05, 0) is 30.3 Å². The van der Waals surface area contributed by atoms with Crippen molar-refractivity contribution in [3.8, 4) is 17.2 Å². The van der Waals surface area contributed by atoms with E-state index in [1.807, 2.05) is 0 Å². The van der Waals surface area contributed by atoms with Crippen molar-refractivity contribution < 1.29 is 23.1 Å². The smallest absolute Gasteiger partial charge is 0.337 e. The minimum Gasteiger partial charge on any atom is -0.494 e. The molecule has 0 fully saturated rings. The Morgan fingerprint density at radius 2 is 2.05 bits per heavy atom. The maximum Gasteiger partial charge on any atom is 0.337 e. The Hall–Kier alpha value is -2.89. The van der Waals surface area contributed by atoms with Crippen molar-refractivity contribution in [2.75, 3.05) is 14.2 Å². The number of esters is 1. The summed E-state index contributed by atoms with van der Waals surface area (Å²) in [5.74, 6) is -0.805. The fourth-order valence-electron chi connectivity index (χ4n) is 2.12. The number of rotatable bonds is 3. The predicted octanol–water partition coefficient (Wildman–Crippen LogP) is 3.43. The summed E-state index contributed by atoms with van der Waals surface area (Å²) in [5, 5.41) is 0. The Morgan fingerprint density at radius 1 is 1.23 bits per heavy atom. The molecule has 0 aliphatic heterocycles. The Morgan fingerprint density at radius 3 is 2.77 bits per heavy atom. The number of hydrogen-bond acceptors (Lipinski definition) is 5. The van der Waals surface area contributed by atoms with Crippen LogP contribution in [0.25, 0.3) is 22.6 Å². The van der Waals surface area contributed by atoms with Crippen molar-refractivity contribution in [2.24, 2.45) is 0 Å². The Labute approximate surface area is 125 Å². The zero-order valence-corrected chi connectivity index (χ0v) is 11.9. The Kier molecular flexibility index (Phi) is 3.50. The van der Waals surface area contributed by atoms with Gasteiger partial charge in [0.25, 0.3) is 0 Å². The van der Waals surface area contributed by atoms with E-state index in [4.69, 9.17) is 9.15 Å². The summed E-state index contributed by atoms with van der Waals surface area (Å²) in [6.07, 6.45) is 0. The summed E-state index contributed by atoms with van der Waals surface area (Å²) >= 11 is 0. The van der Waals surface area contributed by atoms with Crippen LogP contribution >= 0.6 is 0 Å². The lowest BCUT2D eigenvalue weighted by molar-refractivity contribution is 0.0601.